The summed E-state index contributed by atoms with van der Waals surface area (Å²) in [5.74, 6) is 0. The van der Waals surface area contributed by atoms with Gasteiger partial charge in [0, 0.05) is 0 Å². The molecule has 0 aromatic heterocycles. The van der Waals surface area contributed by atoms with Crippen LogP contribution in [0.5, 0.6) is 0 Å². The Bertz CT molecular complexity index is 1560. The Balaban J connectivity index is 0.00000253. The van der Waals surface area contributed by atoms with E-state index in [2.05, 4.69) is 129 Å². The second-order valence-electron chi connectivity index (χ2n) is 14.5. The Morgan fingerprint density at radius 1 is 0.837 bits per heavy atom. The van der Waals surface area contributed by atoms with Crippen molar-refractivity contribution in [2.75, 3.05) is 0 Å². The number of hydrogen-bond donors (Lipinski definition) is 0. The number of hydrogen-bond acceptors (Lipinski definition) is 0. The molecule has 0 unspecified atom stereocenters. The number of fused-ring (bicyclic) bond motifs is 3. The quantitative estimate of drug-likeness (QED) is 0.273. The summed E-state index contributed by atoms with van der Waals surface area (Å²) in [6.45, 7) is 21.5. The summed E-state index contributed by atoms with van der Waals surface area (Å²) in [6.07, 6.45) is 14.5. The molecule has 0 nitrogen and oxygen atoms in total. The molecule has 0 radical (unpaired) electrons. The third kappa shape index (κ3) is 7.48. The van der Waals surface area contributed by atoms with Gasteiger partial charge in [-0.1, -0.05) is 0 Å². The van der Waals surface area contributed by atoms with Crippen LogP contribution < -0.4 is 28.1 Å². The minimum atomic E-state index is -2.44. The van der Waals surface area contributed by atoms with Gasteiger partial charge in [-0.15, -0.1) is 0 Å². The summed E-state index contributed by atoms with van der Waals surface area (Å²) in [7, 11) is 0. The zero-order chi connectivity index (χ0) is 29.5. The predicted octanol–water partition coefficient (Wildman–Crippen LogP) is 4.17. The van der Waals surface area contributed by atoms with E-state index in [0.717, 1.165) is 19.3 Å². The fraction of sp³-hybridized carbons (Fsp3) is 0.425. The molecule has 0 saturated carbocycles. The predicted molar refractivity (Wildman–Crippen MR) is 178 cm³/mol. The Kier molecular flexibility index (Phi) is 11.9. The van der Waals surface area contributed by atoms with Crippen LogP contribution in [0.25, 0.3) is 11.1 Å². The molecule has 0 bridgehead atoms. The van der Waals surface area contributed by atoms with E-state index < -0.39 is 21.3 Å². The van der Waals surface area contributed by atoms with Gasteiger partial charge in [-0.05, 0) is 0 Å². The number of benzene rings is 3. The van der Waals surface area contributed by atoms with Gasteiger partial charge in [-0.3, -0.25) is 0 Å². The summed E-state index contributed by atoms with van der Waals surface area (Å²) in [6, 6.07) is 19.0. The molecule has 0 amide bonds. The first kappa shape index (κ1) is 35.9. The average molecular weight is 693 g/mol. The van der Waals surface area contributed by atoms with E-state index in [1.54, 1.807) is 23.2 Å². The van der Waals surface area contributed by atoms with Gasteiger partial charge in [0.25, 0.3) is 0 Å². The Morgan fingerprint density at radius 3 is 2.07 bits per heavy atom. The third-order valence-electron chi connectivity index (χ3n) is 9.21. The van der Waals surface area contributed by atoms with Gasteiger partial charge in [0.15, 0.2) is 0 Å². The van der Waals surface area contributed by atoms with Crippen LogP contribution in [0.15, 0.2) is 70.0 Å². The van der Waals surface area contributed by atoms with E-state index in [1.165, 1.54) is 52.6 Å². The normalized spacial score (nSPS) is 14.0. The third-order valence-corrected chi connectivity index (χ3v) is 17.4. The molecule has 0 spiro atoms. The number of unbranched alkanes of at least 4 members (excludes halogenated alkanes) is 1. The van der Waals surface area contributed by atoms with Crippen molar-refractivity contribution in [3.63, 3.8) is 0 Å². The van der Waals surface area contributed by atoms with Crippen molar-refractivity contribution in [2.45, 2.75) is 112 Å². The van der Waals surface area contributed by atoms with E-state index in [-0.39, 0.29) is 35.6 Å². The molecular weight excluding hydrogens is 643 g/mol. The molecule has 0 N–H and O–H groups in total. The molecular formula is C40H50Cl2Zr. The van der Waals surface area contributed by atoms with Crippen LogP contribution in [-0.4, -0.2) is 3.21 Å². The van der Waals surface area contributed by atoms with Crippen molar-refractivity contribution in [3.8, 4) is 11.1 Å². The fourth-order valence-electron chi connectivity index (χ4n) is 7.27. The molecule has 228 valence electrons. The smallest absolute Gasteiger partial charge is 1.00 e. The molecule has 2 aliphatic rings. The molecule has 0 fully saturated rings. The molecule has 0 saturated heterocycles. The largest absolute Gasteiger partial charge is 1.00 e. The van der Waals surface area contributed by atoms with Crippen LogP contribution in [0.1, 0.15) is 113 Å². The van der Waals surface area contributed by atoms with Crippen LogP contribution in [0.4, 0.5) is 0 Å². The second kappa shape index (κ2) is 14.3. The molecule has 3 aromatic carbocycles. The van der Waals surface area contributed by atoms with Crippen molar-refractivity contribution in [1.29, 1.82) is 0 Å². The van der Waals surface area contributed by atoms with Gasteiger partial charge < -0.3 is 24.8 Å². The van der Waals surface area contributed by atoms with E-state index in [0.29, 0.717) is 0 Å². The summed E-state index contributed by atoms with van der Waals surface area (Å²) in [5, 5.41) is 0. The molecule has 2 aliphatic carbocycles. The van der Waals surface area contributed by atoms with Gasteiger partial charge in [0.05, 0.1) is 0 Å². The zero-order valence-corrected chi connectivity index (χ0v) is 31.8. The van der Waals surface area contributed by atoms with Crippen LogP contribution in [0, 0.1) is 13.8 Å². The summed E-state index contributed by atoms with van der Waals surface area (Å²) in [5.41, 5.74) is 14.1. The summed E-state index contributed by atoms with van der Waals surface area (Å²) >= 11 is -2.44. The maximum atomic E-state index is 2.60. The topological polar surface area (TPSA) is 0 Å². The average Bonchev–Trinajstić information content (AvgIpc) is 3.55. The Morgan fingerprint density at radius 2 is 1.49 bits per heavy atom. The van der Waals surface area contributed by atoms with Crippen molar-refractivity contribution in [3.05, 3.63) is 109 Å². The molecule has 3 aromatic rings. The van der Waals surface area contributed by atoms with Gasteiger partial charge >= 0.3 is 260 Å². The van der Waals surface area contributed by atoms with E-state index >= 15 is 0 Å². The first-order valence-electron chi connectivity index (χ1n) is 15.8. The number of rotatable bonds is 7. The fourth-order valence-corrected chi connectivity index (χ4v) is 16.0. The van der Waals surface area contributed by atoms with E-state index in [1.807, 2.05) is 3.21 Å². The molecule has 5 rings (SSSR count). The van der Waals surface area contributed by atoms with E-state index in [9.17, 15) is 0 Å². The summed E-state index contributed by atoms with van der Waals surface area (Å²) < 4.78 is 5.46. The monoisotopic (exact) mass is 690 g/mol. The van der Waals surface area contributed by atoms with Gasteiger partial charge in [-0.25, -0.2) is 0 Å². The van der Waals surface area contributed by atoms with Gasteiger partial charge in [0.1, 0.15) is 0 Å². The van der Waals surface area contributed by atoms with Crippen LogP contribution in [0.3, 0.4) is 0 Å². The Hall–Kier alpha value is -1.53. The molecule has 0 atom stereocenters. The first-order chi connectivity index (χ1) is 19.4. The SMILES string of the molecule is CCCC/[C](Cc1ccccc1)=[Zr+2](\[C]1=CC=CC1)[c]1c(C)c(C(C)(C)C)cc2c1Cc1cc(C)c(C(C)(C)C)cc1-2.[Cl-].[Cl-]. The number of allylic oxidation sites excluding steroid dienone is 4. The minimum absolute atomic E-state index is 0. The van der Waals surface area contributed by atoms with Gasteiger partial charge in [0.2, 0.25) is 0 Å². The first-order valence-corrected chi connectivity index (χ1v) is 19.5. The van der Waals surface area contributed by atoms with Crippen molar-refractivity contribution in [1.82, 2.24) is 0 Å². The van der Waals surface area contributed by atoms with Crippen molar-refractivity contribution < 1.29 is 46.1 Å². The molecule has 3 heteroatoms. The van der Waals surface area contributed by atoms with Gasteiger partial charge in [-0.2, -0.15) is 0 Å². The number of halogens is 2. The molecule has 0 aliphatic heterocycles. The maximum Gasteiger partial charge on any atom is -1.00 e. The second-order valence-corrected chi connectivity index (χ2v) is 20.9. The number of aryl methyl sites for hydroxylation is 1. The maximum absolute atomic E-state index is 2.60. The van der Waals surface area contributed by atoms with Crippen LogP contribution >= 0.6 is 0 Å². The van der Waals surface area contributed by atoms with Crippen molar-refractivity contribution in [2.24, 2.45) is 0 Å². The van der Waals surface area contributed by atoms with Crippen LogP contribution in [-0.2, 0) is 44.9 Å². The van der Waals surface area contributed by atoms with E-state index in [4.69, 9.17) is 0 Å². The van der Waals surface area contributed by atoms with Crippen LogP contribution in [0.2, 0.25) is 0 Å². The van der Waals surface area contributed by atoms with Crippen molar-refractivity contribution >= 4 is 6.48 Å². The summed E-state index contributed by atoms with van der Waals surface area (Å²) in [4.78, 5) is 0. The molecule has 0 heterocycles. The minimum Gasteiger partial charge on any atom is -1.00 e. The standard InChI is InChI=1S/C23H29.C12H16.C5H5.2ClH.Zr/c1-14-9-16-11-17-10-15(2)21(23(6,7)8)13-19(17)18(16)12-20(14)22(3,4)5;1-2-3-4-6-9-12-10-7-5-8-11-12;1-2-4-5-3-1;;;/h9,12-13H,11H2,1-8H3;5,7-8,10-11H,2-4,9H2,1H3;1-3H,4H2;2*1H;/q;;;;;+2/p-2. The Labute approximate surface area is 282 Å². The molecule has 43 heavy (non-hydrogen) atoms. The zero-order valence-electron chi connectivity index (χ0n) is 27.8.